The van der Waals surface area contributed by atoms with Crippen LogP contribution in [0.25, 0.3) is 11.3 Å². The molecule has 2 aromatic heterocycles. The molecule has 1 aliphatic rings. The van der Waals surface area contributed by atoms with E-state index in [0.29, 0.717) is 25.6 Å². The molecule has 7 nitrogen and oxygen atoms in total. The van der Waals surface area contributed by atoms with E-state index in [4.69, 9.17) is 10.5 Å². The number of anilines is 2. The molecule has 3 aromatic rings. The summed E-state index contributed by atoms with van der Waals surface area (Å²) in [5.74, 6) is -0.947. The zero-order valence-corrected chi connectivity index (χ0v) is 17.5. The normalized spacial score (nSPS) is 13.7. The van der Waals surface area contributed by atoms with Crippen molar-refractivity contribution < 1.29 is 18.3 Å². The fourth-order valence-electron chi connectivity index (χ4n) is 3.60. The smallest absolute Gasteiger partial charge is 0.323 e. The molecule has 1 saturated heterocycles. The number of hydrogen-bond donors (Lipinski definition) is 2. The maximum absolute atomic E-state index is 14.1. The summed E-state index contributed by atoms with van der Waals surface area (Å²) in [6.07, 6.45) is 2.66. The summed E-state index contributed by atoms with van der Waals surface area (Å²) in [5.41, 5.74) is 8.54. The average Bonchev–Trinajstić information content (AvgIpc) is 2.73. The number of benzene rings is 1. The second-order valence-corrected chi connectivity index (χ2v) is 7.75. The Balaban J connectivity index is 1.35. The highest BCUT2D eigenvalue weighted by Gasteiger charge is 2.31. The minimum atomic E-state index is -0.741. The van der Waals surface area contributed by atoms with Gasteiger partial charge in [0.15, 0.2) is 5.82 Å². The van der Waals surface area contributed by atoms with Crippen molar-refractivity contribution in [3.05, 3.63) is 71.6 Å². The van der Waals surface area contributed by atoms with Crippen LogP contribution < -0.4 is 11.1 Å². The highest BCUT2D eigenvalue weighted by Crippen LogP contribution is 2.27. The molecule has 9 heteroatoms. The molecule has 3 N–H and O–H groups in total. The lowest BCUT2D eigenvalue weighted by atomic mass is 9.93. The number of hydrogen-bond acceptors (Lipinski definition) is 5. The second kappa shape index (κ2) is 9.27. The topological polar surface area (TPSA) is 93.4 Å². The molecule has 2 amide bonds. The summed E-state index contributed by atoms with van der Waals surface area (Å²) < 4.78 is 32.3. The number of likely N-dealkylation sites (tertiary alicyclic amines) is 1. The number of nitrogens with zero attached hydrogens (tertiary/aromatic N) is 3. The zero-order chi connectivity index (χ0) is 22.7. The predicted molar refractivity (Wildman–Crippen MR) is 117 cm³/mol. The van der Waals surface area contributed by atoms with E-state index in [0.717, 1.165) is 29.8 Å². The third-order valence-corrected chi connectivity index (χ3v) is 5.31. The molecule has 0 bridgehead atoms. The standard InChI is InChI=1S/C23H23F2N5O2/c1-32-13-17-4-2-14(10-27-17)8-15-11-30(12-15)23(31)29-22-20(26)6-7-21(28-22)18-5-3-16(24)9-19(18)25/h2-7,9-10,15H,8,11-13,26H2,1H3,(H,28,29,31). The van der Waals surface area contributed by atoms with Crippen molar-refractivity contribution in [1.29, 1.82) is 0 Å². The molecule has 4 rings (SSSR count). The third-order valence-electron chi connectivity index (χ3n) is 5.31. The summed E-state index contributed by atoms with van der Waals surface area (Å²) in [4.78, 5) is 22.9. The molecule has 1 fully saturated rings. The SMILES string of the molecule is COCc1ccc(CC2CN(C(=O)Nc3nc(-c4ccc(F)cc4F)ccc3N)C2)cn1. The van der Waals surface area contributed by atoms with Crippen LogP contribution in [-0.2, 0) is 17.8 Å². The number of nitrogen functional groups attached to an aromatic ring is 1. The molecular formula is C23H23F2N5O2. The third kappa shape index (κ3) is 4.83. The Labute approximate surface area is 184 Å². The van der Waals surface area contributed by atoms with Gasteiger partial charge in [-0.3, -0.25) is 10.3 Å². The fourth-order valence-corrected chi connectivity index (χ4v) is 3.60. The van der Waals surface area contributed by atoms with Gasteiger partial charge >= 0.3 is 6.03 Å². The molecule has 1 aliphatic heterocycles. The largest absolute Gasteiger partial charge is 0.396 e. The van der Waals surface area contributed by atoms with Crippen LogP contribution in [0, 0.1) is 17.6 Å². The van der Waals surface area contributed by atoms with E-state index in [1.54, 1.807) is 12.0 Å². The molecule has 0 unspecified atom stereocenters. The van der Waals surface area contributed by atoms with Crippen molar-refractivity contribution in [2.24, 2.45) is 5.92 Å². The maximum atomic E-state index is 14.1. The van der Waals surface area contributed by atoms with E-state index in [9.17, 15) is 13.6 Å². The fraction of sp³-hybridized carbons (Fsp3) is 0.261. The Morgan fingerprint density at radius 3 is 2.72 bits per heavy atom. The number of urea groups is 1. The first-order chi connectivity index (χ1) is 15.4. The van der Waals surface area contributed by atoms with Crippen molar-refractivity contribution in [3.63, 3.8) is 0 Å². The first kappa shape index (κ1) is 21.6. The van der Waals surface area contributed by atoms with Gasteiger partial charge in [-0.2, -0.15) is 0 Å². The van der Waals surface area contributed by atoms with Gasteiger partial charge in [0.25, 0.3) is 0 Å². The first-order valence-electron chi connectivity index (χ1n) is 10.1. The van der Waals surface area contributed by atoms with Gasteiger partial charge < -0.3 is 15.4 Å². The molecule has 0 radical (unpaired) electrons. The Hall–Kier alpha value is -3.59. The predicted octanol–water partition coefficient (Wildman–Crippen LogP) is 3.86. The Kier molecular flexibility index (Phi) is 6.27. The zero-order valence-electron chi connectivity index (χ0n) is 17.5. The van der Waals surface area contributed by atoms with Crippen LogP contribution in [-0.4, -0.2) is 41.1 Å². The Morgan fingerprint density at radius 2 is 2.03 bits per heavy atom. The number of nitrogens with two attached hydrogens (primary N) is 1. The molecular weight excluding hydrogens is 416 g/mol. The van der Waals surface area contributed by atoms with Gasteiger partial charge in [-0.1, -0.05) is 6.07 Å². The number of ether oxygens (including phenoxy) is 1. The van der Waals surface area contributed by atoms with Crippen LogP contribution in [0.2, 0.25) is 0 Å². The van der Waals surface area contributed by atoms with Crippen LogP contribution >= 0.6 is 0 Å². The maximum Gasteiger partial charge on any atom is 0.323 e. The van der Waals surface area contributed by atoms with Crippen molar-refractivity contribution >= 4 is 17.5 Å². The van der Waals surface area contributed by atoms with Gasteiger partial charge in [-0.05, 0) is 48.2 Å². The van der Waals surface area contributed by atoms with Gasteiger partial charge in [0.2, 0.25) is 0 Å². The molecule has 32 heavy (non-hydrogen) atoms. The molecule has 0 atom stereocenters. The van der Waals surface area contributed by atoms with Crippen LogP contribution in [0.3, 0.4) is 0 Å². The number of carbonyl (C=O) groups excluding carboxylic acids is 1. The molecule has 0 aliphatic carbocycles. The summed E-state index contributed by atoms with van der Waals surface area (Å²) in [6.45, 7) is 1.67. The molecule has 1 aromatic carbocycles. The van der Waals surface area contributed by atoms with Gasteiger partial charge in [0, 0.05) is 38.0 Å². The number of halogens is 2. The lowest BCUT2D eigenvalue weighted by Gasteiger charge is -2.39. The van der Waals surface area contributed by atoms with Crippen LogP contribution in [0.1, 0.15) is 11.3 Å². The highest BCUT2D eigenvalue weighted by molar-refractivity contribution is 5.92. The van der Waals surface area contributed by atoms with E-state index < -0.39 is 11.6 Å². The van der Waals surface area contributed by atoms with Gasteiger partial charge in [0.05, 0.1) is 23.7 Å². The van der Waals surface area contributed by atoms with Crippen LogP contribution in [0.5, 0.6) is 0 Å². The van der Waals surface area contributed by atoms with Crippen molar-refractivity contribution in [2.45, 2.75) is 13.0 Å². The summed E-state index contributed by atoms with van der Waals surface area (Å²) in [5, 5.41) is 2.69. The number of methoxy groups -OCH3 is 1. The summed E-state index contributed by atoms with van der Waals surface area (Å²) in [7, 11) is 1.63. The highest BCUT2D eigenvalue weighted by atomic mass is 19.1. The van der Waals surface area contributed by atoms with E-state index in [2.05, 4.69) is 15.3 Å². The van der Waals surface area contributed by atoms with Crippen molar-refractivity contribution in [3.8, 4) is 11.3 Å². The monoisotopic (exact) mass is 439 g/mol. The lowest BCUT2D eigenvalue weighted by Crippen LogP contribution is -2.52. The average molecular weight is 439 g/mol. The number of pyridine rings is 2. The molecule has 3 heterocycles. The number of carbonyl (C=O) groups is 1. The van der Waals surface area contributed by atoms with E-state index >= 15 is 0 Å². The summed E-state index contributed by atoms with van der Waals surface area (Å²) >= 11 is 0. The number of rotatable bonds is 6. The molecule has 0 saturated carbocycles. The first-order valence-corrected chi connectivity index (χ1v) is 10.1. The van der Waals surface area contributed by atoms with E-state index in [1.807, 2.05) is 18.3 Å². The molecule has 0 spiro atoms. The summed E-state index contributed by atoms with van der Waals surface area (Å²) in [6, 6.07) is 9.91. The Bertz CT molecular complexity index is 1120. The van der Waals surface area contributed by atoms with Crippen molar-refractivity contribution in [1.82, 2.24) is 14.9 Å². The number of amides is 2. The number of aromatic nitrogens is 2. The lowest BCUT2D eigenvalue weighted by molar-refractivity contribution is 0.131. The van der Waals surface area contributed by atoms with Gasteiger partial charge in [-0.15, -0.1) is 0 Å². The quantitative estimate of drug-likeness (QED) is 0.609. The Morgan fingerprint density at radius 1 is 1.22 bits per heavy atom. The van der Waals surface area contributed by atoms with Gasteiger partial charge in [-0.25, -0.2) is 18.6 Å². The second-order valence-electron chi connectivity index (χ2n) is 7.75. The van der Waals surface area contributed by atoms with Crippen molar-refractivity contribution in [2.75, 3.05) is 31.2 Å². The van der Waals surface area contributed by atoms with E-state index in [-0.39, 0.29) is 28.8 Å². The number of nitrogens with one attached hydrogen (secondary N) is 1. The van der Waals surface area contributed by atoms with Crippen LogP contribution in [0.15, 0.2) is 48.7 Å². The minimum absolute atomic E-state index is 0.121. The minimum Gasteiger partial charge on any atom is -0.396 e. The van der Waals surface area contributed by atoms with Crippen LogP contribution in [0.4, 0.5) is 25.1 Å². The molecule has 166 valence electrons. The van der Waals surface area contributed by atoms with Gasteiger partial charge in [0.1, 0.15) is 11.6 Å². The van der Waals surface area contributed by atoms with E-state index in [1.165, 1.54) is 18.2 Å².